The van der Waals surface area contributed by atoms with Gasteiger partial charge in [0.25, 0.3) is 0 Å². The van der Waals surface area contributed by atoms with E-state index in [2.05, 4.69) is 12.2 Å². The molecule has 0 heterocycles. The molecule has 112 valence electrons. The fourth-order valence-corrected chi connectivity index (χ4v) is 2.64. The molecule has 3 heteroatoms. The van der Waals surface area contributed by atoms with Crippen molar-refractivity contribution in [2.45, 2.75) is 32.5 Å². The fraction of sp³-hybridized carbons (Fsp3) is 0.333. The number of rotatable bonds is 7. The second kappa shape index (κ2) is 7.25. The summed E-state index contributed by atoms with van der Waals surface area (Å²) in [7, 11) is 0. The largest absolute Gasteiger partial charge is 0.358 e. The molecule has 2 aromatic carbocycles. The summed E-state index contributed by atoms with van der Waals surface area (Å²) in [5.41, 5.74) is 1.95. The van der Waals surface area contributed by atoms with Crippen LogP contribution in [0.1, 0.15) is 26.7 Å². The molecular weight excluding hydrogens is 260 g/mol. The van der Waals surface area contributed by atoms with Gasteiger partial charge in [-0.15, -0.1) is 0 Å². The van der Waals surface area contributed by atoms with E-state index in [1.165, 1.54) is 0 Å². The van der Waals surface area contributed by atoms with Crippen molar-refractivity contribution >= 4 is 11.4 Å². The molecule has 0 saturated heterocycles. The maximum absolute atomic E-state index is 11.2. The minimum absolute atomic E-state index is 0.643. The van der Waals surface area contributed by atoms with Crippen LogP contribution in [0, 0.1) is 0 Å². The van der Waals surface area contributed by atoms with Gasteiger partial charge in [0.2, 0.25) is 0 Å². The first-order valence-electron chi connectivity index (χ1n) is 7.59. The molecule has 2 N–H and O–H groups in total. The van der Waals surface area contributed by atoms with E-state index in [-0.39, 0.29) is 0 Å². The van der Waals surface area contributed by atoms with Gasteiger partial charge in [-0.25, -0.2) is 0 Å². The van der Waals surface area contributed by atoms with E-state index >= 15 is 0 Å². The molecule has 2 rings (SSSR count). The zero-order chi connectivity index (χ0) is 15.1. The van der Waals surface area contributed by atoms with Crippen LogP contribution in [0.4, 0.5) is 11.4 Å². The summed E-state index contributed by atoms with van der Waals surface area (Å²) in [6, 6.07) is 20.0. The Hall–Kier alpha value is -1.84. The van der Waals surface area contributed by atoms with Gasteiger partial charge < -0.3 is 10.0 Å². The highest BCUT2D eigenvalue weighted by molar-refractivity contribution is 5.64. The standard InChI is InChI=1S/C18H24N2O/c1-3-15-18(21,19-4-2)20(16-11-7-5-8-12-16)17-13-9-6-10-14-17/h5-14,19,21H,3-4,15H2,1-2H3. The molecule has 2 aromatic rings. The number of hydrogen-bond donors (Lipinski definition) is 2. The molecule has 0 saturated carbocycles. The van der Waals surface area contributed by atoms with Gasteiger partial charge >= 0.3 is 0 Å². The van der Waals surface area contributed by atoms with E-state index in [4.69, 9.17) is 0 Å². The Morgan fingerprint density at radius 2 is 1.38 bits per heavy atom. The molecule has 0 aliphatic rings. The molecule has 0 bridgehead atoms. The summed E-state index contributed by atoms with van der Waals surface area (Å²) < 4.78 is 0. The maximum Gasteiger partial charge on any atom is 0.199 e. The molecule has 3 nitrogen and oxygen atoms in total. The number of benzene rings is 2. The third-order valence-corrected chi connectivity index (χ3v) is 3.46. The number of para-hydroxylation sites is 2. The van der Waals surface area contributed by atoms with Crippen molar-refractivity contribution in [3.63, 3.8) is 0 Å². The number of anilines is 2. The van der Waals surface area contributed by atoms with Gasteiger partial charge in [-0.3, -0.25) is 5.32 Å². The molecule has 1 atom stereocenters. The number of nitrogens with one attached hydrogen (secondary N) is 1. The minimum Gasteiger partial charge on any atom is -0.358 e. The normalized spacial score (nSPS) is 13.7. The lowest BCUT2D eigenvalue weighted by Crippen LogP contribution is -2.57. The summed E-state index contributed by atoms with van der Waals surface area (Å²) in [5.74, 6) is -1.09. The van der Waals surface area contributed by atoms with Gasteiger partial charge in [-0.1, -0.05) is 56.7 Å². The quantitative estimate of drug-likeness (QED) is 0.757. The summed E-state index contributed by atoms with van der Waals surface area (Å²) in [6.45, 7) is 4.79. The maximum atomic E-state index is 11.2. The van der Waals surface area contributed by atoms with E-state index in [1.54, 1.807) is 0 Å². The Morgan fingerprint density at radius 3 is 1.76 bits per heavy atom. The van der Waals surface area contributed by atoms with Gasteiger partial charge in [0, 0.05) is 17.8 Å². The van der Waals surface area contributed by atoms with E-state index in [0.717, 1.165) is 17.8 Å². The van der Waals surface area contributed by atoms with Crippen molar-refractivity contribution in [2.24, 2.45) is 0 Å². The summed E-state index contributed by atoms with van der Waals surface area (Å²) in [4.78, 5) is 1.97. The molecule has 21 heavy (non-hydrogen) atoms. The van der Waals surface area contributed by atoms with Crippen LogP contribution in [0.15, 0.2) is 60.7 Å². The topological polar surface area (TPSA) is 35.5 Å². The highest BCUT2D eigenvalue weighted by atomic mass is 16.3. The summed E-state index contributed by atoms with van der Waals surface area (Å²) in [6.07, 6.45) is 1.53. The van der Waals surface area contributed by atoms with Gasteiger partial charge in [-0.05, 0) is 30.8 Å². The van der Waals surface area contributed by atoms with Crippen molar-refractivity contribution in [3.8, 4) is 0 Å². The molecule has 0 amide bonds. The fourth-order valence-electron chi connectivity index (χ4n) is 2.64. The third kappa shape index (κ3) is 3.63. The summed E-state index contributed by atoms with van der Waals surface area (Å²) >= 11 is 0. The number of aliphatic hydroxyl groups is 1. The molecule has 0 fully saturated rings. The Morgan fingerprint density at radius 1 is 0.905 bits per heavy atom. The Bertz CT molecular complexity index is 482. The lowest BCUT2D eigenvalue weighted by atomic mass is 10.1. The van der Waals surface area contributed by atoms with Crippen LogP contribution in [-0.2, 0) is 0 Å². The Labute approximate surface area is 127 Å². The molecule has 0 radical (unpaired) electrons. The Kier molecular flexibility index (Phi) is 5.37. The smallest absolute Gasteiger partial charge is 0.199 e. The van der Waals surface area contributed by atoms with E-state index in [1.807, 2.05) is 72.5 Å². The highest BCUT2D eigenvalue weighted by Crippen LogP contribution is 2.32. The van der Waals surface area contributed by atoms with Crippen LogP contribution in [0.3, 0.4) is 0 Å². The van der Waals surface area contributed by atoms with Crippen molar-refractivity contribution in [3.05, 3.63) is 60.7 Å². The predicted molar refractivity (Wildman–Crippen MR) is 88.6 cm³/mol. The third-order valence-electron chi connectivity index (χ3n) is 3.46. The second-order valence-electron chi connectivity index (χ2n) is 5.10. The van der Waals surface area contributed by atoms with Crippen LogP contribution in [0.2, 0.25) is 0 Å². The van der Waals surface area contributed by atoms with Gasteiger partial charge in [0.1, 0.15) is 0 Å². The molecule has 0 aliphatic carbocycles. The van der Waals surface area contributed by atoms with Crippen LogP contribution >= 0.6 is 0 Å². The first-order chi connectivity index (χ1) is 10.2. The van der Waals surface area contributed by atoms with E-state index in [9.17, 15) is 5.11 Å². The van der Waals surface area contributed by atoms with Gasteiger partial charge in [0.05, 0.1) is 0 Å². The van der Waals surface area contributed by atoms with Gasteiger partial charge in [0.15, 0.2) is 5.85 Å². The molecule has 0 aliphatic heterocycles. The SMILES string of the molecule is CCCC(O)(NCC)N(c1ccccc1)c1ccccc1. The van der Waals surface area contributed by atoms with Crippen molar-refractivity contribution in [1.29, 1.82) is 0 Å². The zero-order valence-electron chi connectivity index (χ0n) is 12.8. The van der Waals surface area contributed by atoms with E-state index < -0.39 is 5.85 Å². The lowest BCUT2D eigenvalue weighted by molar-refractivity contribution is 0.00463. The molecular formula is C18H24N2O. The van der Waals surface area contributed by atoms with Crippen LogP contribution in [0.5, 0.6) is 0 Å². The van der Waals surface area contributed by atoms with Gasteiger partial charge in [-0.2, -0.15) is 0 Å². The van der Waals surface area contributed by atoms with Crippen molar-refractivity contribution in [1.82, 2.24) is 5.32 Å². The first-order valence-corrected chi connectivity index (χ1v) is 7.59. The number of nitrogens with zero attached hydrogens (tertiary/aromatic N) is 1. The number of hydrogen-bond acceptors (Lipinski definition) is 3. The average molecular weight is 284 g/mol. The highest BCUT2D eigenvalue weighted by Gasteiger charge is 2.34. The van der Waals surface area contributed by atoms with Crippen molar-refractivity contribution in [2.75, 3.05) is 11.4 Å². The van der Waals surface area contributed by atoms with Crippen LogP contribution in [-0.4, -0.2) is 17.5 Å². The predicted octanol–water partition coefficient (Wildman–Crippen LogP) is 3.88. The van der Waals surface area contributed by atoms with Crippen LogP contribution in [0.25, 0.3) is 0 Å². The Balaban J connectivity index is 2.49. The zero-order valence-corrected chi connectivity index (χ0v) is 12.8. The summed E-state index contributed by atoms with van der Waals surface area (Å²) in [5, 5.41) is 14.4. The minimum atomic E-state index is -1.09. The average Bonchev–Trinajstić information content (AvgIpc) is 2.50. The van der Waals surface area contributed by atoms with Crippen molar-refractivity contribution < 1.29 is 5.11 Å². The lowest BCUT2D eigenvalue weighted by Gasteiger charge is -2.41. The monoisotopic (exact) mass is 284 g/mol. The molecule has 0 aromatic heterocycles. The molecule has 0 spiro atoms. The molecule has 1 unspecified atom stereocenters. The first kappa shape index (κ1) is 15.5. The second-order valence-corrected chi connectivity index (χ2v) is 5.10. The van der Waals surface area contributed by atoms with Crippen LogP contribution < -0.4 is 10.2 Å². The van der Waals surface area contributed by atoms with E-state index in [0.29, 0.717) is 13.0 Å².